The number of imidazole rings is 1. The number of rotatable bonds is 3. The van der Waals surface area contributed by atoms with Crippen LogP contribution in [0.3, 0.4) is 0 Å². The van der Waals surface area contributed by atoms with Gasteiger partial charge in [0, 0.05) is 24.2 Å². The summed E-state index contributed by atoms with van der Waals surface area (Å²) in [6, 6.07) is 0.490. The highest BCUT2D eigenvalue weighted by molar-refractivity contribution is 7.98. The van der Waals surface area contributed by atoms with E-state index in [0.29, 0.717) is 6.04 Å². The predicted octanol–water partition coefficient (Wildman–Crippen LogP) is 2.47. The first kappa shape index (κ1) is 8.87. The number of aromatic nitrogens is 2. The summed E-state index contributed by atoms with van der Waals surface area (Å²) >= 11 is 6.91. The van der Waals surface area contributed by atoms with Crippen molar-refractivity contribution in [1.82, 2.24) is 9.55 Å². The Morgan fingerprint density at radius 3 is 3.00 bits per heavy atom. The minimum Gasteiger partial charge on any atom is -0.337 e. The molecule has 0 amide bonds. The van der Waals surface area contributed by atoms with Gasteiger partial charge in [-0.15, -0.1) is 0 Å². The van der Waals surface area contributed by atoms with Crippen LogP contribution in [-0.2, 0) is 0 Å². The quantitative estimate of drug-likeness (QED) is 0.736. The van der Waals surface area contributed by atoms with Crippen molar-refractivity contribution in [2.45, 2.75) is 13.0 Å². The van der Waals surface area contributed by atoms with Gasteiger partial charge in [0.05, 0.1) is 0 Å². The molecule has 1 aromatic rings. The molecule has 0 saturated heterocycles. The van der Waals surface area contributed by atoms with Gasteiger partial charge in [0.1, 0.15) is 0 Å². The highest BCUT2D eigenvalue weighted by Gasteiger charge is 2.02. The summed E-state index contributed by atoms with van der Waals surface area (Å²) in [4.78, 5) is 2.98. The van der Waals surface area contributed by atoms with Crippen molar-refractivity contribution >= 4 is 24.0 Å². The Kier molecular flexibility index (Phi) is 3.20. The van der Waals surface area contributed by atoms with E-state index in [4.69, 9.17) is 12.2 Å². The Balaban J connectivity index is 2.75. The smallest absolute Gasteiger partial charge is 0.177 e. The van der Waals surface area contributed by atoms with Gasteiger partial charge in [-0.3, -0.25) is 0 Å². The average Bonchev–Trinajstić information content (AvgIpc) is 2.36. The van der Waals surface area contributed by atoms with Crippen molar-refractivity contribution in [3.05, 3.63) is 17.2 Å². The SMILES string of the molecule is CSCC(C)n1cc[nH]c1=S. The summed E-state index contributed by atoms with van der Waals surface area (Å²) in [5.74, 6) is 1.10. The molecule has 1 N–H and O–H groups in total. The van der Waals surface area contributed by atoms with Crippen molar-refractivity contribution in [3.63, 3.8) is 0 Å². The van der Waals surface area contributed by atoms with E-state index in [1.807, 2.05) is 24.2 Å². The van der Waals surface area contributed by atoms with E-state index in [2.05, 4.69) is 22.7 Å². The molecule has 0 bridgehead atoms. The first-order chi connectivity index (χ1) is 5.25. The van der Waals surface area contributed by atoms with Crippen molar-refractivity contribution < 1.29 is 0 Å². The largest absolute Gasteiger partial charge is 0.337 e. The van der Waals surface area contributed by atoms with Gasteiger partial charge in [0.25, 0.3) is 0 Å². The number of thioether (sulfide) groups is 1. The number of nitrogens with one attached hydrogen (secondary N) is 1. The molecule has 0 aliphatic heterocycles. The van der Waals surface area contributed by atoms with E-state index in [-0.39, 0.29) is 0 Å². The highest BCUT2D eigenvalue weighted by Crippen LogP contribution is 2.11. The maximum Gasteiger partial charge on any atom is 0.177 e. The second-order valence-electron chi connectivity index (χ2n) is 2.48. The van der Waals surface area contributed by atoms with Crippen molar-refractivity contribution in [2.24, 2.45) is 0 Å². The standard InChI is InChI=1S/C7H12N2S2/c1-6(5-11-2)9-4-3-8-7(9)10/h3-4,6H,5H2,1-2H3,(H,8,10). The molecule has 62 valence electrons. The Labute approximate surface area is 76.0 Å². The molecule has 0 saturated carbocycles. The van der Waals surface area contributed by atoms with Crippen molar-refractivity contribution in [1.29, 1.82) is 0 Å². The molecule has 1 rings (SSSR count). The molecule has 2 nitrogen and oxygen atoms in total. The van der Waals surface area contributed by atoms with Crippen LogP contribution in [0.4, 0.5) is 0 Å². The molecule has 1 aromatic heterocycles. The molecule has 0 fully saturated rings. The van der Waals surface area contributed by atoms with E-state index >= 15 is 0 Å². The highest BCUT2D eigenvalue weighted by atomic mass is 32.2. The molecule has 0 aliphatic carbocycles. The lowest BCUT2D eigenvalue weighted by molar-refractivity contribution is 0.602. The normalized spacial score (nSPS) is 13.3. The van der Waals surface area contributed by atoms with E-state index < -0.39 is 0 Å². The fourth-order valence-corrected chi connectivity index (χ4v) is 1.95. The van der Waals surface area contributed by atoms with E-state index in [1.54, 1.807) is 0 Å². The van der Waals surface area contributed by atoms with Gasteiger partial charge in [-0.2, -0.15) is 11.8 Å². The molecular formula is C7H12N2S2. The lowest BCUT2D eigenvalue weighted by Gasteiger charge is -2.10. The molecule has 1 unspecified atom stereocenters. The summed E-state index contributed by atoms with van der Waals surface area (Å²) in [6.07, 6.45) is 5.97. The van der Waals surface area contributed by atoms with Crippen LogP contribution in [0.25, 0.3) is 0 Å². The number of nitrogens with zero attached hydrogens (tertiary/aromatic N) is 1. The molecule has 0 spiro atoms. The summed E-state index contributed by atoms with van der Waals surface area (Å²) in [7, 11) is 0. The molecule has 1 heterocycles. The minimum absolute atomic E-state index is 0.490. The molecular weight excluding hydrogens is 176 g/mol. The monoisotopic (exact) mass is 188 g/mol. The number of hydrogen-bond donors (Lipinski definition) is 1. The number of hydrogen-bond acceptors (Lipinski definition) is 2. The Morgan fingerprint density at radius 1 is 1.82 bits per heavy atom. The van der Waals surface area contributed by atoms with Gasteiger partial charge >= 0.3 is 0 Å². The third kappa shape index (κ3) is 2.10. The summed E-state index contributed by atoms with van der Waals surface area (Å²) in [5, 5.41) is 0. The van der Waals surface area contributed by atoms with E-state index in [9.17, 15) is 0 Å². The second-order valence-corrected chi connectivity index (χ2v) is 3.77. The van der Waals surface area contributed by atoms with Crippen LogP contribution in [-0.4, -0.2) is 21.6 Å². The second kappa shape index (κ2) is 3.97. The predicted molar refractivity (Wildman–Crippen MR) is 52.7 cm³/mol. The fraction of sp³-hybridized carbons (Fsp3) is 0.571. The summed E-state index contributed by atoms with van der Waals surface area (Å²) in [6.45, 7) is 2.17. The van der Waals surface area contributed by atoms with Crippen molar-refractivity contribution in [2.75, 3.05) is 12.0 Å². The van der Waals surface area contributed by atoms with Crippen molar-refractivity contribution in [3.8, 4) is 0 Å². The number of aromatic amines is 1. The molecule has 11 heavy (non-hydrogen) atoms. The zero-order valence-electron chi connectivity index (χ0n) is 6.70. The van der Waals surface area contributed by atoms with Gasteiger partial charge in [0.15, 0.2) is 4.77 Å². The maximum absolute atomic E-state index is 5.07. The third-order valence-corrected chi connectivity index (χ3v) is 2.70. The van der Waals surface area contributed by atoms with Gasteiger partial charge < -0.3 is 9.55 Å². The fourth-order valence-electron chi connectivity index (χ4n) is 1.000. The van der Waals surface area contributed by atoms with Crippen LogP contribution in [0.5, 0.6) is 0 Å². The lowest BCUT2D eigenvalue weighted by Crippen LogP contribution is -2.05. The van der Waals surface area contributed by atoms with E-state index in [0.717, 1.165) is 10.5 Å². The Bertz CT molecular complexity index is 263. The maximum atomic E-state index is 5.07. The topological polar surface area (TPSA) is 20.7 Å². The first-order valence-corrected chi connectivity index (χ1v) is 5.30. The van der Waals surface area contributed by atoms with Gasteiger partial charge in [-0.25, -0.2) is 0 Å². The summed E-state index contributed by atoms with van der Waals surface area (Å²) in [5.41, 5.74) is 0. The summed E-state index contributed by atoms with van der Waals surface area (Å²) < 4.78 is 2.89. The van der Waals surface area contributed by atoms with E-state index in [1.165, 1.54) is 0 Å². The zero-order chi connectivity index (χ0) is 8.27. The molecule has 1 atom stereocenters. The molecule has 0 radical (unpaired) electrons. The van der Waals surface area contributed by atoms with Crippen LogP contribution in [0.2, 0.25) is 0 Å². The molecule has 0 aromatic carbocycles. The van der Waals surface area contributed by atoms with Gasteiger partial charge in [-0.1, -0.05) is 0 Å². The average molecular weight is 188 g/mol. The third-order valence-electron chi connectivity index (χ3n) is 1.56. The van der Waals surface area contributed by atoms with Gasteiger partial charge in [0.2, 0.25) is 0 Å². The molecule has 4 heteroatoms. The molecule has 0 aliphatic rings. The number of H-pyrrole nitrogens is 1. The van der Waals surface area contributed by atoms with Crippen LogP contribution in [0, 0.1) is 4.77 Å². The van der Waals surface area contributed by atoms with Crippen LogP contribution in [0.1, 0.15) is 13.0 Å². The lowest BCUT2D eigenvalue weighted by atomic mass is 10.4. The van der Waals surface area contributed by atoms with Crippen LogP contribution in [0.15, 0.2) is 12.4 Å². The Hall–Kier alpha value is -0.220. The first-order valence-electron chi connectivity index (χ1n) is 3.50. The van der Waals surface area contributed by atoms with Gasteiger partial charge in [-0.05, 0) is 25.4 Å². The Morgan fingerprint density at radius 2 is 2.55 bits per heavy atom. The zero-order valence-corrected chi connectivity index (χ0v) is 8.34. The van der Waals surface area contributed by atoms with Crippen LogP contribution < -0.4 is 0 Å². The minimum atomic E-state index is 0.490. The van der Waals surface area contributed by atoms with Crippen LogP contribution >= 0.6 is 24.0 Å².